The lowest BCUT2D eigenvalue weighted by Crippen LogP contribution is -2.47. The summed E-state index contributed by atoms with van der Waals surface area (Å²) in [5.41, 5.74) is 3.52. The van der Waals surface area contributed by atoms with Gasteiger partial charge in [-0.15, -0.1) is 0 Å². The highest BCUT2D eigenvalue weighted by atomic mass is 35.5. The molecule has 3 aromatic rings. The van der Waals surface area contributed by atoms with Crippen LogP contribution in [-0.4, -0.2) is 48.5 Å². The van der Waals surface area contributed by atoms with E-state index in [1.54, 1.807) is 18.2 Å². The van der Waals surface area contributed by atoms with Gasteiger partial charge in [0.25, 0.3) is 5.91 Å². The van der Waals surface area contributed by atoms with Gasteiger partial charge in [-0.25, -0.2) is 0 Å². The van der Waals surface area contributed by atoms with Crippen molar-refractivity contribution < 1.29 is 4.79 Å². The zero-order valence-electron chi connectivity index (χ0n) is 17.1. The van der Waals surface area contributed by atoms with Crippen LogP contribution in [0.2, 0.25) is 10.0 Å². The monoisotopic (exact) mass is 454 g/mol. The molecule has 0 radical (unpaired) electrons. The summed E-state index contributed by atoms with van der Waals surface area (Å²) in [6.07, 6.45) is 4.71. The number of amides is 1. The van der Waals surface area contributed by atoms with Gasteiger partial charge in [0.2, 0.25) is 0 Å². The van der Waals surface area contributed by atoms with Gasteiger partial charge in [0.15, 0.2) is 0 Å². The first-order valence-electron chi connectivity index (χ1n) is 10.3. The summed E-state index contributed by atoms with van der Waals surface area (Å²) >= 11 is 12.2. The Labute approximate surface area is 192 Å². The first kappa shape index (κ1) is 21.6. The van der Waals surface area contributed by atoms with E-state index < -0.39 is 0 Å². The number of para-hydroxylation sites is 2. The van der Waals surface area contributed by atoms with Crippen molar-refractivity contribution in [1.29, 1.82) is 0 Å². The Kier molecular flexibility index (Phi) is 7.07. The van der Waals surface area contributed by atoms with Gasteiger partial charge in [-0.3, -0.25) is 14.7 Å². The Hall–Kier alpha value is -2.60. The molecule has 1 amide bonds. The van der Waals surface area contributed by atoms with Crippen LogP contribution in [0.3, 0.4) is 0 Å². The number of hydrogen-bond acceptors (Lipinski definition) is 4. The maximum absolute atomic E-state index is 12.8. The third-order valence-corrected chi connectivity index (χ3v) is 6.05. The van der Waals surface area contributed by atoms with E-state index in [1.165, 1.54) is 5.56 Å². The average molecular weight is 455 g/mol. The summed E-state index contributed by atoms with van der Waals surface area (Å²) in [5, 5.41) is 3.86. The molecule has 0 unspecified atom stereocenters. The van der Waals surface area contributed by atoms with Crippen molar-refractivity contribution in [2.24, 2.45) is 0 Å². The first-order chi connectivity index (χ1) is 15.1. The summed E-state index contributed by atoms with van der Waals surface area (Å²) in [5.74, 6) is -0.245. The van der Waals surface area contributed by atoms with Crippen molar-refractivity contribution in [2.45, 2.75) is 6.42 Å². The number of hydrogen-bond donors (Lipinski definition) is 1. The largest absolute Gasteiger partial charge is 0.367 e. The maximum atomic E-state index is 12.8. The SMILES string of the molecule is O=C(Nc1ccccc1N1CCN(CCc2ccncc2)CC1)c1ccc(Cl)cc1Cl. The summed E-state index contributed by atoms with van der Waals surface area (Å²) in [4.78, 5) is 21.7. The molecule has 7 heteroatoms. The minimum absolute atomic E-state index is 0.245. The highest BCUT2D eigenvalue weighted by Gasteiger charge is 2.20. The van der Waals surface area contributed by atoms with E-state index in [4.69, 9.17) is 23.2 Å². The van der Waals surface area contributed by atoms with Crippen molar-refractivity contribution in [3.05, 3.63) is 88.2 Å². The zero-order valence-corrected chi connectivity index (χ0v) is 18.6. The van der Waals surface area contributed by atoms with Crippen LogP contribution in [0.25, 0.3) is 0 Å². The molecule has 0 saturated carbocycles. The number of rotatable bonds is 6. The lowest BCUT2D eigenvalue weighted by atomic mass is 10.1. The average Bonchev–Trinajstić information content (AvgIpc) is 2.79. The Balaban J connectivity index is 1.38. The fourth-order valence-electron chi connectivity index (χ4n) is 3.77. The number of aromatic nitrogens is 1. The quantitative estimate of drug-likeness (QED) is 0.568. The predicted molar refractivity (Wildman–Crippen MR) is 127 cm³/mol. The second-order valence-electron chi connectivity index (χ2n) is 7.53. The van der Waals surface area contributed by atoms with Gasteiger partial charge in [-0.2, -0.15) is 0 Å². The molecule has 1 aliphatic rings. The molecule has 1 aromatic heterocycles. The Morgan fingerprint density at radius 1 is 0.968 bits per heavy atom. The van der Waals surface area contributed by atoms with E-state index in [2.05, 4.69) is 32.2 Å². The van der Waals surface area contributed by atoms with Gasteiger partial charge in [0.1, 0.15) is 0 Å². The normalized spacial score (nSPS) is 14.5. The summed E-state index contributed by atoms with van der Waals surface area (Å²) < 4.78 is 0. The van der Waals surface area contributed by atoms with Crippen LogP contribution in [0.4, 0.5) is 11.4 Å². The molecule has 0 spiro atoms. The van der Waals surface area contributed by atoms with Crippen LogP contribution in [0.15, 0.2) is 67.0 Å². The lowest BCUT2D eigenvalue weighted by molar-refractivity contribution is 0.102. The Morgan fingerprint density at radius 2 is 1.71 bits per heavy atom. The number of piperazine rings is 1. The number of benzene rings is 2. The Bertz CT molecular complexity index is 1040. The minimum atomic E-state index is -0.245. The maximum Gasteiger partial charge on any atom is 0.257 e. The van der Waals surface area contributed by atoms with Crippen molar-refractivity contribution in [1.82, 2.24) is 9.88 Å². The van der Waals surface area contributed by atoms with Crippen LogP contribution in [0, 0.1) is 0 Å². The molecular formula is C24H24Cl2N4O. The predicted octanol–water partition coefficient (Wildman–Crippen LogP) is 5.01. The van der Waals surface area contributed by atoms with Crippen molar-refractivity contribution >= 4 is 40.5 Å². The van der Waals surface area contributed by atoms with Crippen molar-refractivity contribution in [2.75, 3.05) is 42.9 Å². The lowest BCUT2D eigenvalue weighted by Gasteiger charge is -2.37. The number of halogens is 2. The fourth-order valence-corrected chi connectivity index (χ4v) is 4.26. The molecule has 31 heavy (non-hydrogen) atoms. The molecule has 1 N–H and O–H groups in total. The fraction of sp³-hybridized carbons (Fsp3) is 0.250. The molecule has 1 fully saturated rings. The van der Waals surface area contributed by atoms with Crippen LogP contribution in [-0.2, 0) is 6.42 Å². The molecule has 0 atom stereocenters. The molecule has 5 nitrogen and oxygen atoms in total. The van der Waals surface area contributed by atoms with Crippen LogP contribution in [0.5, 0.6) is 0 Å². The molecule has 4 rings (SSSR count). The van der Waals surface area contributed by atoms with Gasteiger partial charge in [-0.05, 0) is 54.4 Å². The third-order valence-electron chi connectivity index (χ3n) is 5.51. The van der Waals surface area contributed by atoms with Crippen LogP contribution < -0.4 is 10.2 Å². The number of nitrogens with zero attached hydrogens (tertiary/aromatic N) is 3. The van der Waals surface area contributed by atoms with Crippen LogP contribution in [0.1, 0.15) is 15.9 Å². The number of pyridine rings is 1. The van der Waals surface area contributed by atoms with Gasteiger partial charge in [0, 0.05) is 50.1 Å². The van der Waals surface area contributed by atoms with E-state index >= 15 is 0 Å². The van der Waals surface area contributed by atoms with E-state index in [9.17, 15) is 4.79 Å². The van der Waals surface area contributed by atoms with Crippen LogP contribution >= 0.6 is 23.2 Å². The molecule has 2 aromatic carbocycles. The summed E-state index contributed by atoms with van der Waals surface area (Å²) in [6, 6.07) is 16.9. The topological polar surface area (TPSA) is 48.5 Å². The Morgan fingerprint density at radius 3 is 2.45 bits per heavy atom. The van der Waals surface area contributed by atoms with Gasteiger partial charge in [-0.1, -0.05) is 35.3 Å². The van der Waals surface area contributed by atoms with E-state index in [0.717, 1.165) is 50.5 Å². The first-order valence-corrected chi connectivity index (χ1v) is 11.1. The molecule has 160 valence electrons. The second-order valence-corrected chi connectivity index (χ2v) is 8.37. The highest BCUT2D eigenvalue weighted by molar-refractivity contribution is 6.37. The van der Waals surface area contributed by atoms with E-state index in [1.807, 2.05) is 36.7 Å². The molecule has 0 aliphatic carbocycles. The number of anilines is 2. The summed E-state index contributed by atoms with van der Waals surface area (Å²) in [6.45, 7) is 4.81. The number of carbonyl (C=O) groups is 1. The molecule has 1 saturated heterocycles. The van der Waals surface area contributed by atoms with E-state index in [-0.39, 0.29) is 5.91 Å². The molecule has 0 bridgehead atoms. The molecule has 1 aliphatic heterocycles. The minimum Gasteiger partial charge on any atom is -0.367 e. The molecule has 2 heterocycles. The third kappa shape index (κ3) is 5.56. The number of nitrogens with one attached hydrogen (secondary N) is 1. The van der Waals surface area contributed by atoms with E-state index in [0.29, 0.717) is 15.6 Å². The van der Waals surface area contributed by atoms with Gasteiger partial charge in [0.05, 0.1) is 22.0 Å². The standard InChI is InChI=1S/C24H24Cl2N4O/c25-19-5-6-20(21(26)17-19)24(31)28-22-3-1-2-4-23(22)30-15-13-29(14-16-30)12-9-18-7-10-27-11-8-18/h1-8,10-11,17H,9,12-16H2,(H,28,31). The molecular weight excluding hydrogens is 431 g/mol. The second kappa shape index (κ2) is 10.1. The van der Waals surface area contributed by atoms with Crippen molar-refractivity contribution in [3.63, 3.8) is 0 Å². The smallest absolute Gasteiger partial charge is 0.257 e. The van der Waals surface area contributed by atoms with Gasteiger partial charge >= 0.3 is 0 Å². The van der Waals surface area contributed by atoms with Gasteiger partial charge < -0.3 is 10.2 Å². The summed E-state index contributed by atoms with van der Waals surface area (Å²) in [7, 11) is 0. The van der Waals surface area contributed by atoms with Crippen molar-refractivity contribution in [3.8, 4) is 0 Å². The highest BCUT2D eigenvalue weighted by Crippen LogP contribution is 2.28. The zero-order chi connectivity index (χ0) is 21.6. The number of carbonyl (C=O) groups excluding carboxylic acids is 1.